The van der Waals surface area contributed by atoms with Gasteiger partial charge in [-0.15, -0.1) is 11.3 Å². The molecule has 1 aromatic carbocycles. The molecule has 5 rings (SSSR count). The minimum Gasteiger partial charge on any atom is -0.481 e. The van der Waals surface area contributed by atoms with Crippen LogP contribution in [-0.2, 0) is 20.4 Å². The molecule has 14 heteroatoms. The van der Waals surface area contributed by atoms with Crippen molar-refractivity contribution in [1.29, 1.82) is 0 Å². The molecule has 2 aliphatic rings. The number of benzene rings is 1. The molecule has 39 heavy (non-hydrogen) atoms. The molecule has 2 unspecified atom stereocenters. The van der Waals surface area contributed by atoms with Crippen molar-refractivity contribution in [2.75, 3.05) is 37.9 Å². The van der Waals surface area contributed by atoms with Crippen LogP contribution in [0.2, 0.25) is 0 Å². The van der Waals surface area contributed by atoms with E-state index >= 15 is 0 Å². The molecule has 2 aliphatic heterocycles. The highest BCUT2D eigenvalue weighted by atomic mass is 32.1. The molecule has 0 bridgehead atoms. The molecule has 4 heterocycles. The number of carbonyl (C=O) groups excluding carboxylic acids is 2. The standard InChI is InChI=1S/C25H24F3N5O5S/c1-13-7-29-23(39-13)18-5-15(22(35)32-14(2)16-8-30-24(31-9-16)25(26,27)28)6-19-21(18)38-12-20(34)33(19)10-17-11-36-3-4-37-17/h5-9,14,17H,3-4,10-12H2,1-2H3,(H,32,35). The maximum atomic E-state index is 13.4. The first kappa shape index (κ1) is 27.0. The lowest BCUT2D eigenvalue weighted by Crippen LogP contribution is -2.46. The molecule has 2 amide bonds. The zero-order chi connectivity index (χ0) is 27.7. The Morgan fingerprint density at radius 1 is 1.21 bits per heavy atom. The van der Waals surface area contributed by atoms with Crippen LogP contribution in [-0.4, -0.2) is 65.8 Å². The number of ether oxygens (including phenoxy) is 3. The first-order valence-corrected chi connectivity index (χ1v) is 12.8. The van der Waals surface area contributed by atoms with Gasteiger partial charge in [0.25, 0.3) is 11.8 Å². The summed E-state index contributed by atoms with van der Waals surface area (Å²) in [6.07, 6.45) is -1.27. The predicted molar refractivity (Wildman–Crippen MR) is 134 cm³/mol. The van der Waals surface area contributed by atoms with E-state index in [-0.39, 0.29) is 30.7 Å². The first-order chi connectivity index (χ1) is 18.6. The van der Waals surface area contributed by atoms with E-state index in [1.54, 1.807) is 25.3 Å². The van der Waals surface area contributed by atoms with E-state index in [0.717, 1.165) is 17.3 Å². The summed E-state index contributed by atoms with van der Waals surface area (Å²) < 4.78 is 55.5. The van der Waals surface area contributed by atoms with Crippen LogP contribution in [0.4, 0.5) is 18.9 Å². The smallest absolute Gasteiger partial charge is 0.451 e. The van der Waals surface area contributed by atoms with E-state index in [9.17, 15) is 22.8 Å². The predicted octanol–water partition coefficient (Wildman–Crippen LogP) is 3.56. The molecular formula is C25H24F3N5O5S. The highest BCUT2D eigenvalue weighted by Gasteiger charge is 2.35. The number of aryl methyl sites for hydroxylation is 1. The second-order valence-electron chi connectivity index (χ2n) is 9.04. The number of hydrogen-bond acceptors (Lipinski definition) is 9. The Balaban J connectivity index is 1.47. The molecule has 1 saturated heterocycles. The van der Waals surface area contributed by atoms with Gasteiger partial charge in [0.1, 0.15) is 5.01 Å². The van der Waals surface area contributed by atoms with Crippen LogP contribution in [0.25, 0.3) is 10.6 Å². The third-order valence-electron chi connectivity index (χ3n) is 6.16. The fourth-order valence-corrected chi connectivity index (χ4v) is 4.98. The lowest BCUT2D eigenvalue weighted by atomic mass is 10.0. The molecule has 0 radical (unpaired) electrons. The fraction of sp³-hybridized carbons (Fsp3) is 0.400. The van der Waals surface area contributed by atoms with E-state index in [1.807, 2.05) is 6.92 Å². The van der Waals surface area contributed by atoms with E-state index in [0.29, 0.717) is 47.4 Å². The summed E-state index contributed by atoms with van der Waals surface area (Å²) in [4.78, 5) is 39.9. The van der Waals surface area contributed by atoms with Gasteiger partial charge in [-0.05, 0) is 26.0 Å². The van der Waals surface area contributed by atoms with Gasteiger partial charge in [-0.2, -0.15) is 13.2 Å². The Kier molecular flexibility index (Phi) is 7.51. The summed E-state index contributed by atoms with van der Waals surface area (Å²) in [6.45, 7) is 4.73. The van der Waals surface area contributed by atoms with E-state index in [2.05, 4.69) is 20.3 Å². The Labute approximate surface area is 225 Å². The summed E-state index contributed by atoms with van der Waals surface area (Å²) in [7, 11) is 0. The van der Waals surface area contributed by atoms with Crippen LogP contribution in [0, 0.1) is 6.92 Å². The van der Waals surface area contributed by atoms with Gasteiger partial charge in [0.15, 0.2) is 12.4 Å². The molecule has 2 atom stereocenters. The van der Waals surface area contributed by atoms with Crippen LogP contribution >= 0.6 is 11.3 Å². The van der Waals surface area contributed by atoms with Crippen LogP contribution in [0.5, 0.6) is 5.75 Å². The van der Waals surface area contributed by atoms with Gasteiger partial charge in [-0.3, -0.25) is 9.59 Å². The van der Waals surface area contributed by atoms with Crippen molar-refractivity contribution in [1.82, 2.24) is 20.3 Å². The molecule has 0 aliphatic carbocycles. The Bertz CT molecular complexity index is 1380. The number of alkyl halides is 3. The second-order valence-corrected chi connectivity index (χ2v) is 10.3. The number of aromatic nitrogens is 3. The number of carbonyl (C=O) groups is 2. The maximum Gasteiger partial charge on any atom is 0.451 e. The maximum absolute atomic E-state index is 13.4. The van der Waals surface area contributed by atoms with Gasteiger partial charge in [-0.1, -0.05) is 0 Å². The number of anilines is 1. The highest BCUT2D eigenvalue weighted by Crippen LogP contribution is 2.43. The van der Waals surface area contributed by atoms with Crippen molar-refractivity contribution in [2.24, 2.45) is 0 Å². The molecule has 2 aromatic heterocycles. The topological polar surface area (TPSA) is 116 Å². The number of halogens is 3. The summed E-state index contributed by atoms with van der Waals surface area (Å²) >= 11 is 1.41. The van der Waals surface area contributed by atoms with Crippen molar-refractivity contribution in [3.05, 3.63) is 52.6 Å². The van der Waals surface area contributed by atoms with E-state index in [1.165, 1.54) is 16.2 Å². The summed E-state index contributed by atoms with van der Waals surface area (Å²) in [5.74, 6) is -1.66. The monoisotopic (exact) mass is 563 g/mol. The van der Waals surface area contributed by atoms with E-state index in [4.69, 9.17) is 14.2 Å². The number of thiazole rings is 1. The minimum absolute atomic E-state index is 0.186. The third-order valence-corrected chi connectivity index (χ3v) is 7.11. The first-order valence-electron chi connectivity index (χ1n) is 12.0. The summed E-state index contributed by atoms with van der Waals surface area (Å²) in [5.41, 5.74) is 1.43. The normalized spacial score (nSPS) is 18.3. The SMILES string of the molecule is Cc1cnc(-c2cc(C(=O)NC(C)c3cnc(C(F)(F)F)nc3)cc3c2OCC(=O)N3CC2COCCO2)s1. The number of fused-ring (bicyclic) bond motifs is 1. The second kappa shape index (κ2) is 10.9. The number of nitrogens with zero attached hydrogens (tertiary/aromatic N) is 4. The molecule has 0 spiro atoms. The molecule has 1 fully saturated rings. The molecule has 206 valence electrons. The zero-order valence-corrected chi connectivity index (χ0v) is 21.8. The quantitative estimate of drug-likeness (QED) is 0.484. The van der Waals surface area contributed by atoms with Crippen LogP contribution in [0.3, 0.4) is 0 Å². The fourth-order valence-electron chi connectivity index (χ4n) is 4.20. The Morgan fingerprint density at radius 3 is 2.62 bits per heavy atom. The molecule has 0 saturated carbocycles. The van der Waals surface area contributed by atoms with Crippen molar-refractivity contribution < 1.29 is 37.0 Å². The average Bonchev–Trinajstić information content (AvgIpc) is 3.35. The highest BCUT2D eigenvalue weighted by molar-refractivity contribution is 7.15. The number of nitrogens with one attached hydrogen (secondary N) is 1. The van der Waals surface area contributed by atoms with Gasteiger partial charge in [0.05, 0.1) is 49.8 Å². The minimum atomic E-state index is -4.67. The van der Waals surface area contributed by atoms with Gasteiger partial charge >= 0.3 is 6.18 Å². The zero-order valence-electron chi connectivity index (χ0n) is 20.9. The molecule has 3 aromatic rings. The summed E-state index contributed by atoms with van der Waals surface area (Å²) in [6, 6.07) is 2.46. The Morgan fingerprint density at radius 2 is 1.97 bits per heavy atom. The number of hydrogen-bond donors (Lipinski definition) is 1. The molecule has 1 N–H and O–H groups in total. The summed E-state index contributed by atoms with van der Waals surface area (Å²) in [5, 5.41) is 3.37. The van der Waals surface area contributed by atoms with E-state index < -0.39 is 23.9 Å². The van der Waals surface area contributed by atoms with Crippen molar-refractivity contribution in [3.63, 3.8) is 0 Å². The Hall–Kier alpha value is -3.62. The van der Waals surface area contributed by atoms with Crippen LogP contribution in [0.1, 0.15) is 39.6 Å². The molecule has 10 nitrogen and oxygen atoms in total. The largest absolute Gasteiger partial charge is 0.481 e. The van der Waals surface area contributed by atoms with Crippen LogP contribution in [0.15, 0.2) is 30.7 Å². The van der Waals surface area contributed by atoms with Crippen LogP contribution < -0.4 is 15.0 Å². The lowest BCUT2D eigenvalue weighted by Gasteiger charge is -2.34. The van der Waals surface area contributed by atoms with Crippen molar-refractivity contribution in [3.8, 4) is 16.3 Å². The third kappa shape index (κ3) is 5.87. The van der Waals surface area contributed by atoms with Gasteiger partial charge < -0.3 is 24.4 Å². The lowest BCUT2D eigenvalue weighted by molar-refractivity contribution is -0.145. The van der Waals surface area contributed by atoms with Crippen molar-refractivity contribution >= 4 is 28.8 Å². The van der Waals surface area contributed by atoms with Gasteiger partial charge in [0.2, 0.25) is 5.82 Å². The number of amides is 2. The average molecular weight is 564 g/mol. The molecular weight excluding hydrogens is 539 g/mol. The number of rotatable bonds is 6. The van der Waals surface area contributed by atoms with Gasteiger partial charge in [-0.25, -0.2) is 15.0 Å². The van der Waals surface area contributed by atoms with Crippen molar-refractivity contribution in [2.45, 2.75) is 32.2 Å². The van der Waals surface area contributed by atoms with Gasteiger partial charge in [0, 0.05) is 34.6 Å².